The first-order valence-electron chi connectivity index (χ1n) is 2.67. The zero-order valence-electron chi connectivity index (χ0n) is 5.34. The van der Waals surface area contributed by atoms with Gasteiger partial charge in [-0.05, 0) is 0 Å². The zero-order chi connectivity index (χ0) is 9.46. The summed E-state index contributed by atoms with van der Waals surface area (Å²) in [5.74, 6) is -12.9. The zero-order valence-corrected chi connectivity index (χ0v) is 5.34. The van der Waals surface area contributed by atoms with Crippen molar-refractivity contribution in [2.24, 2.45) is 0 Å². The predicted octanol–water partition coefficient (Wildman–Crippen LogP) is 0.904. The molecule has 1 aromatic carbocycles. The Balaban J connectivity index is 0.00000144. The van der Waals surface area contributed by atoms with Crippen LogP contribution >= 0.6 is 0 Å². The van der Waals surface area contributed by atoms with Crippen molar-refractivity contribution in [3.8, 4) is 5.75 Å². The van der Waals surface area contributed by atoms with Gasteiger partial charge in [0.25, 0.3) is 0 Å². The van der Waals surface area contributed by atoms with E-state index in [-0.39, 0.29) is 8.41 Å². The Bertz CT molecular complexity index is 235. The Labute approximate surface area is 71.4 Å². The molecule has 0 amide bonds. The average molecular weight is 198 g/mol. The lowest BCUT2D eigenvalue weighted by atomic mass is 10.3. The van der Waals surface area contributed by atoms with Crippen molar-refractivity contribution in [2.45, 2.75) is 0 Å². The maximum atomic E-state index is 12.2. The molecule has 0 atom stereocenters. The minimum Gasteiger partial charge on any atom is -0.503 e. The fourth-order valence-corrected chi connectivity index (χ4v) is 0.593. The standard InChI is InChI=1S/C6HF5O.BH3/c7-1-2(8)4(10)6(12)5(11)3(1)9;/h12H;1H3. The largest absolute Gasteiger partial charge is 0.503 e. The third kappa shape index (κ3) is 1.58. The van der Waals surface area contributed by atoms with Crippen molar-refractivity contribution in [1.82, 2.24) is 0 Å². The molecule has 0 heterocycles. The number of halogens is 5. The van der Waals surface area contributed by atoms with Gasteiger partial charge in [-0.1, -0.05) is 0 Å². The molecule has 13 heavy (non-hydrogen) atoms. The third-order valence-electron chi connectivity index (χ3n) is 1.19. The lowest BCUT2D eigenvalue weighted by molar-refractivity contribution is 0.325. The first kappa shape index (κ1) is 11.7. The van der Waals surface area contributed by atoms with Crippen LogP contribution in [0.2, 0.25) is 0 Å². The second-order valence-electron chi connectivity index (χ2n) is 1.92. The summed E-state index contributed by atoms with van der Waals surface area (Å²) in [7, 11) is 0. The van der Waals surface area contributed by atoms with Crippen LogP contribution in [0.1, 0.15) is 0 Å². The normalized spacial score (nSPS) is 9.62. The molecule has 1 N–H and O–H groups in total. The summed E-state index contributed by atoms with van der Waals surface area (Å²) in [4.78, 5) is 0. The smallest absolute Gasteiger partial charge is 0.206 e. The Morgan fingerprint density at radius 3 is 1.15 bits per heavy atom. The van der Waals surface area contributed by atoms with Gasteiger partial charge in [-0.2, -0.15) is 8.78 Å². The van der Waals surface area contributed by atoms with Crippen molar-refractivity contribution in [1.29, 1.82) is 0 Å². The molecule has 7 heteroatoms. The summed E-state index contributed by atoms with van der Waals surface area (Å²) < 4.78 is 60.6. The Kier molecular flexibility index (Phi) is 3.28. The lowest BCUT2D eigenvalue weighted by Crippen LogP contribution is -2.00. The Hall–Kier alpha value is -1.27. The quantitative estimate of drug-likeness (QED) is 0.284. The number of aromatic hydroxyl groups is 1. The van der Waals surface area contributed by atoms with Crippen LogP contribution in [0, 0.1) is 29.1 Å². The van der Waals surface area contributed by atoms with E-state index in [2.05, 4.69) is 0 Å². The van der Waals surface area contributed by atoms with Gasteiger partial charge in [0.15, 0.2) is 5.75 Å². The van der Waals surface area contributed by atoms with Crippen LogP contribution in [0.15, 0.2) is 0 Å². The molecule has 72 valence electrons. The van der Waals surface area contributed by atoms with Gasteiger partial charge < -0.3 is 5.11 Å². The first-order valence-corrected chi connectivity index (χ1v) is 2.67. The van der Waals surface area contributed by atoms with Crippen LogP contribution in [0.4, 0.5) is 22.0 Å². The third-order valence-corrected chi connectivity index (χ3v) is 1.19. The van der Waals surface area contributed by atoms with Crippen LogP contribution in [-0.4, -0.2) is 13.5 Å². The van der Waals surface area contributed by atoms with Crippen molar-refractivity contribution >= 4 is 8.41 Å². The van der Waals surface area contributed by atoms with E-state index in [0.717, 1.165) is 0 Å². The number of phenolic OH excluding ortho intramolecular Hbond substituents is 1. The van der Waals surface area contributed by atoms with E-state index >= 15 is 0 Å². The molecule has 1 rings (SSSR count). The fraction of sp³-hybridized carbons (Fsp3) is 0. The minimum atomic E-state index is -2.29. The number of rotatable bonds is 0. The van der Waals surface area contributed by atoms with Gasteiger partial charge in [0.05, 0.1) is 8.41 Å². The number of phenols is 1. The van der Waals surface area contributed by atoms with E-state index in [0.29, 0.717) is 0 Å². The monoisotopic (exact) mass is 198 g/mol. The summed E-state index contributed by atoms with van der Waals surface area (Å²) in [6, 6.07) is 0. The van der Waals surface area contributed by atoms with E-state index < -0.39 is 34.8 Å². The van der Waals surface area contributed by atoms with Crippen LogP contribution in [-0.2, 0) is 0 Å². The number of hydrogen-bond donors (Lipinski definition) is 1. The topological polar surface area (TPSA) is 20.2 Å². The molecule has 0 aliphatic heterocycles. The summed E-state index contributed by atoms with van der Waals surface area (Å²) in [5, 5.41) is 8.30. The van der Waals surface area contributed by atoms with Crippen LogP contribution in [0.3, 0.4) is 0 Å². The maximum absolute atomic E-state index is 12.2. The second-order valence-corrected chi connectivity index (χ2v) is 1.92. The van der Waals surface area contributed by atoms with Crippen molar-refractivity contribution in [2.75, 3.05) is 0 Å². The molecule has 0 saturated heterocycles. The van der Waals surface area contributed by atoms with Gasteiger partial charge >= 0.3 is 0 Å². The van der Waals surface area contributed by atoms with Crippen molar-refractivity contribution in [3.63, 3.8) is 0 Å². The summed E-state index contributed by atoms with van der Waals surface area (Å²) >= 11 is 0. The van der Waals surface area contributed by atoms with Gasteiger partial charge in [-0.15, -0.1) is 0 Å². The molecule has 0 radical (unpaired) electrons. The molecule has 0 fully saturated rings. The molecular weight excluding hydrogens is 194 g/mol. The van der Waals surface area contributed by atoms with Gasteiger partial charge in [-0.25, -0.2) is 13.2 Å². The fourth-order valence-electron chi connectivity index (χ4n) is 0.593. The molecule has 0 aliphatic carbocycles. The van der Waals surface area contributed by atoms with Crippen LogP contribution < -0.4 is 0 Å². The number of benzene rings is 1. The summed E-state index contributed by atoms with van der Waals surface area (Å²) in [6.07, 6.45) is 0. The molecule has 1 aromatic rings. The minimum absolute atomic E-state index is 0. The van der Waals surface area contributed by atoms with E-state index in [1.54, 1.807) is 0 Å². The van der Waals surface area contributed by atoms with Gasteiger partial charge in [0, 0.05) is 0 Å². The lowest BCUT2D eigenvalue weighted by Gasteiger charge is -2.00. The summed E-state index contributed by atoms with van der Waals surface area (Å²) in [6.45, 7) is 0. The summed E-state index contributed by atoms with van der Waals surface area (Å²) in [5.41, 5.74) is 0. The Morgan fingerprint density at radius 1 is 0.615 bits per heavy atom. The highest BCUT2D eigenvalue weighted by molar-refractivity contribution is 5.75. The van der Waals surface area contributed by atoms with E-state index in [1.807, 2.05) is 0 Å². The Morgan fingerprint density at radius 2 is 0.846 bits per heavy atom. The number of hydrogen-bond acceptors (Lipinski definition) is 1. The molecule has 0 unspecified atom stereocenters. The molecule has 0 bridgehead atoms. The van der Waals surface area contributed by atoms with Gasteiger partial charge in [0.2, 0.25) is 29.1 Å². The molecule has 1 nitrogen and oxygen atoms in total. The van der Waals surface area contributed by atoms with Crippen molar-refractivity contribution in [3.05, 3.63) is 29.1 Å². The van der Waals surface area contributed by atoms with Crippen LogP contribution in [0.25, 0.3) is 0 Å². The highest BCUT2D eigenvalue weighted by Gasteiger charge is 2.24. The molecule has 0 aromatic heterocycles. The van der Waals surface area contributed by atoms with E-state index in [9.17, 15) is 22.0 Å². The SMILES string of the molecule is B.Oc1c(F)c(F)c(F)c(F)c1F. The van der Waals surface area contributed by atoms with Crippen LogP contribution in [0.5, 0.6) is 5.75 Å². The molecular formula is C6H4BF5O. The maximum Gasteiger partial charge on any atom is 0.206 e. The van der Waals surface area contributed by atoms with E-state index in [1.165, 1.54) is 0 Å². The average Bonchev–Trinajstić information content (AvgIpc) is 2.08. The highest BCUT2D eigenvalue weighted by Crippen LogP contribution is 2.27. The molecule has 0 saturated carbocycles. The second kappa shape index (κ2) is 3.63. The first-order chi connectivity index (χ1) is 5.46. The molecule has 0 aliphatic rings. The van der Waals surface area contributed by atoms with Crippen molar-refractivity contribution < 1.29 is 27.1 Å². The van der Waals surface area contributed by atoms with E-state index in [4.69, 9.17) is 5.11 Å². The highest BCUT2D eigenvalue weighted by atomic mass is 19.2. The van der Waals surface area contributed by atoms with Gasteiger partial charge in [0.1, 0.15) is 0 Å². The molecule has 0 spiro atoms. The predicted molar refractivity (Wildman–Crippen MR) is 37.8 cm³/mol. The van der Waals surface area contributed by atoms with Gasteiger partial charge in [-0.3, -0.25) is 0 Å².